The molecule has 0 aliphatic heterocycles. The zero-order chi connectivity index (χ0) is 35.0. The quantitative estimate of drug-likeness (QED) is 0.0594. The van der Waals surface area contributed by atoms with Gasteiger partial charge >= 0.3 is 29.8 Å². The molecule has 0 aliphatic rings. The van der Waals surface area contributed by atoms with E-state index < -0.39 is 54.0 Å². The summed E-state index contributed by atoms with van der Waals surface area (Å²) in [4.78, 5) is 54.3. The molecular weight excluding hydrogens is 586 g/mol. The van der Waals surface area contributed by atoms with Gasteiger partial charge in [-0.15, -0.1) is 0 Å². The third-order valence-electron chi connectivity index (χ3n) is 5.02. The number of nitrogens with two attached hydrogens (primary N) is 6. The van der Waals surface area contributed by atoms with Crippen LogP contribution in [0.25, 0.3) is 0 Å². The van der Waals surface area contributed by atoms with E-state index in [4.69, 9.17) is 65.0 Å². The van der Waals surface area contributed by atoms with Crippen LogP contribution in [-0.4, -0.2) is 97.2 Å². The van der Waals surface area contributed by atoms with Crippen LogP contribution in [0.3, 0.4) is 0 Å². The Morgan fingerprint density at radius 3 is 1.48 bits per heavy atom. The van der Waals surface area contributed by atoms with Gasteiger partial charge in [-0.1, -0.05) is 26.0 Å². The minimum absolute atomic E-state index is 0.0129. The number of carbonyl (C=O) groups is 5. The van der Waals surface area contributed by atoms with E-state index in [-0.39, 0.29) is 31.0 Å². The minimum atomic E-state index is -1.17. The maximum Gasteiger partial charge on any atom is 0.320 e. The third-order valence-corrected chi connectivity index (χ3v) is 5.02. The number of aromatic hydroxyl groups is 1. The third kappa shape index (κ3) is 29.0. The lowest BCUT2D eigenvalue weighted by Gasteiger charge is -2.07. The van der Waals surface area contributed by atoms with Crippen LogP contribution in [0.4, 0.5) is 0 Å². The van der Waals surface area contributed by atoms with Crippen molar-refractivity contribution in [2.45, 2.75) is 76.5 Å². The van der Waals surface area contributed by atoms with Gasteiger partial charge in [0.2, 0.25) is 0 Å². The highest BCUT2D eigenvalue weighted by atomic mass is 16.4. The van der Waals surface area contributed by atoms with Gasteiger partial charge in [-0.05, 0) is 55.7 Å². The van der Waals surface area contributed by atoms with E-state index in [1.807, 2.05) is 13.8 Å². The summed E-state index contributed by atoms with van der Waals surface area (Å²) in [6.07, 6.45) is 1.56. The Kier molecular flexibility index (Phi) is 25.0. The van der Waals surface area contributed by atoms with Crippen molar-refractivity contribution in [3.8, 4) is 5.75 Å². The first-order valence-electron chi connectivity index (χ1n) is 13.2. The number of aliphatic imine (C=N–C) groups is 1. The fourth-order valence-corrected chi connectivity index (χ4v) is 2.63. The average molecular weight is 634 g/mol. The molecule has 1 aromatic carbocycles. The lowest BCUT2D eigenvalue weighted by molar-refractivity contribution is -0.141. The number of carboxylic acid groups (broad SMARTS) is 5. The summed E-state index contributed by atoms with van der Waals surface area (Å²) in [5.74, 6) is -4.60. The SMILES string of the molecule is CC(C)CC(N)C(=O)O.NC(CCC(=O)O)C(=O)O.NC(Cc1ccc(O)cc1)C(=O)O.NC(N)=NCCCC(N)C(=O)O. The fourth-order valence-electron chi connectivity index (χ4n) is 2.63. The van der Waals surface area contributed by atoms with Gasteiger partial charge in [-0.3, -0.25) is 29.0 Å². The van der Waals surface area contributed by atoms with Gasteiger partial charge in [0, 0.05) is 13.0 Å². The molecule has 0 spiro atoms. The van der Waals surface area contributed by atoms with Crippen LogP contribution in [0, 0.1) is 5.92 Å². The van der Waals surface area contributed by atoms with E-state index in [0.717, 1.165) is 5.56 Å². The second-order valence-electron chi connectivity index (χ2n) is 9.66. The van der Waals surface area contributed by atoms with Crippen LogP contribution >= 0.6 is 0 Å². The van der Waals surface area contributed by atoms with Crippen molar-refractivity contribution in [3.63, 3.8) is 0 Å². The maximum atomic E-state index is 10.4. The molecular formula is C26H47N7O11. The summed E-state index contributed by atoms with van der Waals surface area (Å²) in [7, 11) is 0. The molecule has 18 N–H and O–H groups in total. The number of hydrogen-bond donors (Lipinski definition) is 12. The van der Waals surface area contributed by atoms with Gasteiger partial charge in [0.05, 0.1) is 0 Å². The molecule has 44 heavy (non-hydrogen) atoms. The molecule has 0 aromatic heterocycles. The van der Waals surface area contributed by atoms with Crippen LogP contribution in [0.2, 0.25) is 0 Å². The smallest absolute Gasteiger partial charge is 0.320 e. The maximum absolute atomic E-state index is 10.4. The minimum Gasteiger partial charge on any atom is -0.508 e. The highest BCUT2D eigenvalue weighted by Crippen LogP contribution is 2.10. The molecule has 0 saturated carbocycles. The van der Waals surface area contributed by atoms with Crippen molar-refractivity contribution in [1.82, 2.24) is 0 Å². The second kappa shape index (κ2) is 25.0. The van der Waals surface area contributed by atoms with Crippen molar-refractivity contribution < 1.29 is 54.6 Å². The monoisotopic (exact) mass is 633 g/mol. The summed E-state index contributed by atoms with van der Waals surface area (Å²) >= 11 is 0. The molecule has 252 valence electrons. The molecule has 4 atom stereocenters. The Morgan fingerprint density at radius 2 is 1.14 bits per heavy atom. The van der Waals surface area contributed by atoms with Gasteiger partial charge < -0.3 is 65.0 Å². The average Bonchev–Trinajstić information content (AvgIpc) is 2.91. The Hall–Kier alpha value is -4.52. The van der Waals surface area contributed by atoms with Crippen LogP contribution in [0.1, 0.15) is 51.5 Å². The molecule has 0 heterocycles. The van der Waals surface area contributed by atoms with E-state index in [2.05, 4.69) is 4.99 Å². The lowest BCUT2D eigenvalue weighted by Crippen LogP contribution is -2.32. The second-order valence-corrected chi connectivity index (χ2v) is 9.66. The van der Waals surface area contributed by atoms with Crippen LogP contribution in [0.15, 0.2) is 29.3 Å². The number of phenols is 1. The van der Waals surface area contributed by atoms with Crippen LogP contribution in [-0.2, 0) is 30.4 Å². The number of nitrogens with zero attached hydrogens (tertiary/aromatic N) is 1. The summed E-state index contributed by atoms with van der Waals surface area (Å²) in [6.45, 7) is 4.31. The van der Waals surface area contributed by atoms with Gasteiger partial charge in [0.25, 0.3) is 0 Å². The first-order chi connectivity index (χ1) is 20.2. The van der Waals surface area contributed by atoms with Crippen LogP contribution < -0.4 is 34.4 Å². The highest BCUT2D eigenvalue weighted by Gasteiger charge is 2.13. The molecule has 0 fully saturated rings. The molecule has 18 nitrogen and oxygen atoms in total. The Labute approximate surface area is 254 Å². The van der Waals surface area contributed by atoms with E-state index in [1.54, 1.807) is 12.1 Å². The number of guanidine groups is 1. The zero-order valence-electron chi connectivity index (χ0n) is 24.8. The fraction of sp³-hybridized carbons (Fsp3) is 0.538. The number of rotatable bonds is 15. The largest absolute Gasteiger partial charge is 0.508 e. The molecule has 18 heteroatoms. The predicted octanol–water partition coefficient (Wildman–Crippen LogP) is -1.49. The molecule has 0 radical (unpaired) electrons. The number of aliphatic carboxylic acids is 5. The zero-order valence-corrected chi connectivity index (χ0v) is 24.8. The molecule has 1 aromatic rings. The lowest BCUT2D eigenvalue weighted by atomic mass is 10.1. The molecule has 4 unspecified atom stereocenters. The topological polar surface area (TPSA) is 375 Å². The standard InChI is InChI=1S/C9H11NO3.C6H14N4O2.C6H13NO2.C5H9NO4/c10-8(9(12)13)5-6-1-3-7(11)4-2-6;7-4(5(11)12)2-1-3-10-6(8)9;1-4(2)3-5(7)6(8)9;6-3(5(9)10)1-2-4(7)8/h1-4,8,11H,5,10H2,(H,12,13);4H,1-3,7H2,(H,11,12)(H4,8,9,10);4-5H,3,7H2,1-2H3,(H,8,9);3H,1-2,6H2,(H,7,8)(H,9,10). The van der Waals surface area contributed by atoms with Crippen molar-refractivity contribution in [2.75, 3.05) is 6.54 Å². The molecule has 1 rings (SSSR count). The van der Waals surface area contributed by atoms with Gasteiger partial charge in [-0.2, -0.15) is 0 Å². The van der Waals surface area contributed by atoms with Crippen LogP contribution in [0.5, 0.6) is 5.75 Å². The summed E-state index contributed by atoms with van der Waals surface area (Å²) < 4.78 is 0. The Bertz CT molecular complexity index is 1030. The molecule has 0 bridgehead atoms. The Morgan fingerprint density at radius 1 is 0.705 bits per heavy atom. The van der Waals surface area contributed by atoms with Gasteiger partial charge in [0.15, 0.2) is 5.96 Å². The number of hydrogen-bond acceptors (Lipinski definition) is 11. The summed E-state index contributed by atoms with van der Waals surface area (Å²) in [5.41, 5.74) is 31.7. The predicted molar refractivity (Wildman–Crippen MR) is 160 cm³/mol. The first-order valence-corrected chi connectivity index (χ1v) is 13.2. The number of benzene rings is 1. The molecule has 0 saturated heterocycles. The normalized spacial score (nSPS) is 12.6. The summed E-state index contributed by atoms with van der Waals surface area (Å²) in [5, 5.41) is 50.4. The summed E-state index contributed by atoms with van der Waals surface area (Å²) in [6, 6.07) is 2.86. The van der Waals surface area contributed by atoms with E-state index in [9.17, 15) is 24.0 Å². The Balaban J connectivity index is -0.000000515. The van der Waals surface area contributed by atoms with Gasteiger partial charge in [-0.25, -0.2) is 0 Å². The molecule has 0 aliphatic carbocycles. The highest BCUT2D eigenvalue weighted by molar-refractivity contribution is 5.76. The number of phenolic OH excluding ortho intramolecular Hbond substituents is 1. The number of carboxylic acids is 5. The van der Waals surface area contributed by atoms with E-state index in [1.165, 1.54) is 12.1 Å². The van der Waals surface area contributed by atoms with E-state index >= 15 is 0 Å². The molecule has 0 amide bonds. The van der Waals surface area contributed by atoms with E-state index in [0.29, 0.717) is 31.7 Å². The van der Waals surface area contributed by atoms with Crippen molar-refractivity contribution in [3.05, 3.63) is 29.8 Å². The van der Waals surface area contributed by atoms with Crippen molar-refractivity contribution >= 4 is 35.8 Å². The first kappa shape index (κ1) is 43.9. The van der Waals surface area contributed by atoms with Crippen molar-refractivity contribution in [2.24, 2.45) is 45.3 Å². The van der Waals surface area contributed by atoms with Crippen molar-refractivity contribution in [1.29, 1.82) is 0 Å². The van der Waals surface area contributed by atoms with Gasteiger partial charge in [0.1, 0.15) is 29.9 Å².